The molecule has 22 heavy (non-hydrogen) atoms. The minimum absolute atomic E-state index is 0.0981. The second-order valence-corrected chi connectivity index (χ2v) is 4.69. The number of nitrogens with one attached hydrogen (secondary N) is 1. The summed E-state index contributed by atoms with van der Waals surface area (Å²) >= 11 is 0. The maximum Gasteiger partial charge on any atom is 0.321 e. The van der Waals surface area contributed by atoms with Crippen LogP contribution in [0.2, 0.25) is 0 Å². The number of nitrogens with zero attached hydrogens (tertiary/aromatic N) is 1. The zero-order chi connectivity index (χ0) is 16.4. The molecule has 0 aliphatic carbocycles. The van der Waals surface area contributed by atoms with E-state index in [0.717, 1.165) is 6.42 Å². The van der Waals surface area contributed by atoms with Gasteiger partial charge in [-0.2, -0.15) is 0 Å². The largest absolute Gasteiger partial charge is 0.491 e. The van der Waals surface area contributed by atoms with Crippen molar-refractivity contribution in [3.8, 4) is 5.75 Å². The van der Waals surface area contributed by atoms with Crippen molar-refractivity contribution in [1.82, 2.24) is 4.90 Å². The minimum atomic E-state index is -0.943. The first kappa shape index (κ1) is 17.8. The Morgan fingerprint density at radius 1 is 1.27 bits per heavy atom. The average Bonchev–Trinajstić information content (AvgIpc) is 2.50. The standard InChI is InChI=1S/C15H22N2O5/c1-17(9-8-14(18)19)15(20)16-12-6-3-4-7-13(12)22-11-5-10-21-2/h3-4,6-7H,5,8-11H2,1-2H3,(H,16,20)(H,18,19). The molecule has 0 aromatic heterocycles. The Kier molecular flexibility index (Phi) is 7.77. The number of carboxylic acids is 1. The fourth-order valence-electron chi connectivity index (χ4n) is 1.66. The van der Waals surface area contributed by atoms with E-state index in [1.165, 1.54) is 4.90 Å². The van der Waals surface area contributed by atoms with Gasteiger partial charge in [0.1, 0.15) is 5.75 Å². The SMILES string of the molecule is COCCCOc1ccccc1NC(=O)N(C)CCC(=O)O. The van der Waals surface area contributed by atoms with Crippen LogP contribution >= 0.6 is 0 Å². The number of urea groups is 1. The molecule has 0 heterocycles. The quantitative estimate of drug-likeness (QED) is 0.681. The Labute approximate surface area is 129 Å². The first-order chi connectivity index (χ1) is 10.5. The Balaban J connectivity index is 2.56. The van der Waals surface area contributed by atoms with Crippen molar-refractivity contribution in [2.45, 2.75) is 12.8 Å². The normalized spacial score (nSPS) is 10.1. The number of carbonyl (C=O) groups excluding carboxylic acids is 1. The van der Waals surface area contributed by atoms with E-state index in [1.54, 1.807) is 32.4 Å². The smallest absolute Gasteiger partial charge is 0.321 e. The predicted octanol–water partition coefficient (Wildman–Crippen LogP) is 2.04. The topological polar surface area (TPSA) is 88.1 Å². The second-order valence-electron chi connectivity index (χ2n) is 4.69. The van der Waals surface area contributed by atoms with Crippen LogP contribution in [0.25, 0.3) is 0 Å². The van der Waals surface area contributed by atoms with Gasteiger partial charge < -0.3 is 24.8 Å². The van der Waals surface area contributed by atoms with E-state index in [1.807, 2.05) is 6.07 Å². The molecule has 0 unspecified atom stereocenters. The van der Waals surface area contributed by atoms with Gasteiger partial charge in [-0.15, -0.1) is 0 Å². The molecule has 2 amide bonds. The van der Waals surface area contributed by atoms with Gasteiger partial charge in [-0.3, -0.25) is 4.79 Å². The van der Waals surface area contributed by atoms with E-state index in [-0.39, 0.29) is 19.0 Å². The number of benzene rings is 1. The predicted molar refractivity (Wildman–Crippen MR) is 82.3 cm³/mol. The highest BCUT2D eigenvalue weighted by atomic mass is 16.5. The van der Waals surface area contributed by atoms with Crippen LogP contribution in [-0.4, -0.2) is 55.9 Å². The maximum absolute atomic E-state index is 12.0. The number of aliphatic carboxylic acids is 1. The molecule has 0 aliphatic rings. The second kappa shape index (κ2) is 9.62. The summed E-state index contributed by atoms with van der Waals surface area (Å²) < 4.78 is 10.6. The molecule has 0 radical (unpaired) electrons. The van der Waals surface area contributed by atoms with E-state index >= 15 is 0 Å². The summed E-state index contributed by atoms with van der Waals surface area (Å²) in [7, 11) is 3.17. The summed E-state index contributed by atoms with van der Waals surface area (Å²) in [5.74, 6) is -0.375. The molecule has 0 saturated heterocycles. The summed E-state index contributed by atoms with van der Waals surface area (Å²) in [6.45, 7) is 1.22. The molecule has 122 valence electrons. The molecule has 0 saturated carbocycles. The molecule has 0 bridgehead atoms. The molecule has 2 N–H and O–H groups in total. The van der Waals surface area contributed by atoms with Gasteiger partial charge in [0.05, 0.1) is 18.7 Å². The fraction of sp³-hybridized carbons (Fsp3) is 0.467. The molecular weight excluding hydrogens is 288 g/mol. The van der Waals surface area contributed by atoms with E-state index < -0.39 is 5.97 Å². The third-order valence-corrected chi connectivity index (χ3v) is 2.89. The fourth-order valence-corrected chi connectivity index (χ4v) is 1.66. The van der Waals surface area contributed by atoms with Crippen molar-refractivity contribution in [2.24, 2.45) is 0 Å². The summed E-state index contributed by atoms with van der Waals surface area (Å²) in [4.78, 5) is 23.8. The van der Waals surface area contributed by atoms with Gasteiger partial charge >= 0.3 is 12.0 Å². The zero-order valence-electron chi connectivity index (χ0n) is 12.9. The summed E-state index contributed by atoms with van der Waals surface area (Å²) in [6.07, 6.45) is 0.649. The highest BCUT2D eigenvalue weighted by Crippen LogP contribution is 2.24. The number of carbonyl (C=O) groups is 2. The van der Waals surface area contributed by atoms with Crippen LogP contribution in [-0.2, 0) is 9.53 Å². The third kappa shape index (κ3) is 6.45. The lowest BCUT2D eigenvalue weighted by molar-refractivity contribution is -0.137. The van der Waals surface area contributed by atoms with E-state index in [9.17, 15) is 9.59 Å². The lowest BCUT2D eigenvalue weighted by atomic mass is 10.3. The van der Waals surface area contributed by atoms with Crippen molar-refractivity contribution in [3.63, 3.8) is 0 Å². The van der Waals surface area contributed by atoms with Crippen LogP contribution in [0.3, 0.4) is 0 Å². The molecule has 0 fully saturated rings. The van der Waals surface area contributed by atoms with E-state index in [2.05, 4.69) is 5.32 Å². The van der Waals surface area contributed by atoms with E-state index in [4.69, 9.17) is 14.6 Å². The van der Waals surface area contributed by atoms with Gasteiger partial charge in [-0.05, 0) is 12.1 Å². The monoisotopic (exact) mass is 310 g/mol. The maximum atomic E-state index is 12.0. The van der Waals surface area contributed by atoms with Crippen molar-refractivity contribution >= 4 is 17.7 Å². The Morgan fingerprint density at radius 2 is 2.00 bits per heavy atom. The van der Waals surface area contributed by atoms with Crippen LogP contribution in [0.4, 0.5) is 10.5 Å². The first-order valence-corrected chi connectivity index (χ1v) is 6.99. The van der Waals surface area contributed by atoms with Gasteiger partial charge in [0, 0.05) is 33.7 Å². The minimum Gasteiger partial charge on any atom is -0.491 e. The Morgan fingerprint density at radius 3 is 2.68 bits per heavy atom. The third-order valence-electron chi connectivity index (χ3n) is 2.89. The molecule has 7 nitrogen and oxygen atoms in total. The van der Waals surface area contributed by atoms with Crippen molar-refractivity contribution in [2.75, 3.05) is 39.2 Å². The lowest BCUT2D eigenvalue weighted by Gasteiger charge is -2.18. The Hall–Kier alpha value is -2.28. The molecule has 0 atom stereocenters. The van der Waals surface area contributed by atoms with Gasteiger partial charge in [-0.25, -0.2) is 4.79 Å². The highest BCUT2D eigenvalue weighted by Gasteiger charge is 2.12. The molecule has 1 aromatic carbocycles. The summed E-state index contributed by atoms with van der Waals surface area (Å²) in [5.41, 5.74) is 0.548. The Bertz CT molecular complexity index is 493. The average molecular weight is 310 g/mol. The number of amides is 2. The zero-order valence-corrected chi connectivity index (χ0v) is 12.9. The number of anilines is 1. The molecular formula is C15H22N2O5. The van der Waals surface area contributed by atoms with Crippen molar-refractivity contribution in [1.29, 1.82) is 0 Å². The van der Waals surface area contributed by atoms with Crippen molar-refractivity contribution in [3.05, 3.63) is 24.3 Å². The highest BCUT2D eigenvalue weighted by molar-refractivity contribution is 5.91. The first-order valence-electron chi connectivity index (χ1n) is 6.99. The van der Waals surface area contributed by atoms with E-state index in [0.29, 0.717) is 24.7 Å². The van der Waals surface area contributed by atoms with Crippen LogP contribution in [0.5, 0.6) is 5.75 Å². The lowest BCUT2D eigenvalue weighted by Crippen LogP contribution is -2.33. The van der Waals surface area contributed by atoms with Gasteiger partial charge in [-0.1, -0.05) is 12.1 Å². The van der Waals surface area contributed by atoms with Crippen LogP contribution < -0.4 is 10.1 Å². The molecule has 0 spiro atoms. The molecule has 1 rings (SSSR count). The number of hydrogen-bond donors (Lipinski definition) is 2. The van der Waals surface area contributed by atoms with Gasteiger partial charge in [0.2, 0.25) is 0 Å². The number of rotatable bonds is 9. The molecule has 7 heteroatoms. The summed E-state index contributed by atoms with van der Waals surface area (Å²) in [5, 5.41) is 11.3. The van der Waals surface area contributed by atoms with Crippen LogP contribution in [0.15, 0.2) is 24.3 Å². The van der Waals surface area contributed by atoms with Crippen LogP contribution in [0, 0.1) is 0 Å². The number of ether oxygens (including phenoxy) is 2. The van der Waals surface area contributed by atoms with Gasteiger partial charge in [0.25, 0.3) is 0 Å². The molecule has 1 aromatic rings. The van der Waals surface area contributed by atoms with Gasteiger partial charge in [0.15, 0.2) is 0 Å². The number of carboxylic acid groups (broad SMARTS) is 1. The summed E-state index contributed by atoms with van der Waals surface area (Å²) in [6, 6.07) is 6.72. The van der Waals surface area contributed by atoms with Crippen LogP contribution in [0.1, 0.15) is 12.8 Å². The van der Waals surface area contributed by atoms with Crippen molar-refractivity contribution < 1.29 is 24.2 Å². The number of para-hydroxylation sites is 2. The number of hydrogen-bond acceptors (Lipinski definition) is 4. The molecule has 0 aliphatic heterocycles. The number of methoxy groups -OCH3 is 1.